The van der Waals surface area contributed by atoms with Gasteiger partial charge in [0.25, 0.3) is 0 Å². The quantitative estimate of drug-likeness (QED) is 0.851. The zero-order chi connectivity index (χ0) is 9.84. The van der Waals surface area contributed by atoms with Crippen LogP contribution in [-0.4, -0.2) is 6.04 Å². The van der Waals surface area contributed by atoms with Crippen molar-refractivity contribution in [2.75, 3.05) is 0 Å². The predicted molar refractivity (Wildman–Crippen MR) is 65.9 cm³/mol. The highest BCUT2D eigenvalue weighted by Gasteiger charge is 2.01. The molecule has 0 saturated carbocycles. The molecule has 72 valence electrons. The highest BCUT2D eigenvalue weighted by molar-refractivity contribution is 14.1. The molecule has 0 bridgehead atoms. The smallest absolute Gasteiger partial charge is 0.0162 e. The van der Waals surface area contributed by atoms with Crippen molar-refractivity contribution in [3.63, 3.8) is 0 Å². The van der Waals surface area contributed by atoms with Gasteiger partial charge in [-0.3, -0.25) is 0 Å². The third-order valence-corrected chi connectivity index (χ3v) is 3.10. The Morgan fingerprint density at radius 1 is 1.46 bits per heavy atom. The van der Waals surface area contributed by atoms with E-state index in [-0.39, 0.29) is 6.04 Å². The van der Waals surface area contributed by atoms with E-state index in [9.17, 15) is 0 Å². The summed E-state index contributed by atoms with van der Waals surface area (Å²) in [5.74, 6) is 0. The van der Waals surface area contributed by atoms with E-state index in [1.54, 1.807) is 0 Å². The monoisotopic (exact) mass is 289 g/mol. The summed E-state index contributed by atoms with van der Waals surface area (Å²) < 4.78 is 1.36. The second kappa shape index (κ2) is 4.96. The number of benzene rings is 1. The molecule has 0 amide bonds. The molecule has 0 saturated heterocycles. The van der Waals surface area contributed by atoms with Gasteiger partial charge < -0.3 is 5.73 Å². The third-order valence-electron chi connectivity index (χ3n) is 2.05. The molecule has 0 spiro atoms. The van der Waals surface area contributed by atoms with Gasteiger partial charge in [-0.2, -0.15) is 0 Å². The Morgan fingerprint density at radius 3 is 2.69 bits per heavy atom. The van der Waals surface area contributed by atoms with Crippen LogP contribution in [0.3, 0.4) is 0 Å². The summed E-state index contributed by atoms with van der Waals surface area (Å²) in [5, 5.41) is 0. The zero-order valence-electron chi connectivity index (χ0n) is 8.18. The van der Waals surface area contributed by atoms with Gasteiger partial charge in [0, 0.05) is 9.61 Å². The Labute approximate surface area is 93.9 Å². The molecule has 0 aliphatic rings. The molecule has 0 fully saturated rings. The van der Waals surface area contributed by atoms with Crippen molar-refractivity contribution in [3.8, 4) is 0 Å². The standard InChI is InChI=1S/C11H16IN/c1-3-10-7-9(6-8(2)13)4-5-11(10)12/h4-5,7-8H,3,6,13H2,1-2H3/t8-/m1/s1. The van der Waals surface area contributed by atoms with E-state index in [1.807, 2.05) is 6.92 Å². The predicted octanol–water partition coefficient (Wildman–Crippen LogP) is 2.74. The van der Waals surface area contributed by atoms with Crippen molar-refractivity contribution in [2.45, 2.75) is 32.7 Å². The first kappa shape index (κ1) is 11.0. The molecular formula is C11H16IN. The minimum absolute atomic E-state index is 0.254. The topological polar surface area (TPSA) is 26.0 Å². The van der Waals surface area contributed by atoms with Crippen molar-refractivity contribution < 1.29 is 0 Å². The van der Waals surface area contributed by atoms with E-state index in [1.165, 1.54) is 14.7 Å². The third kappa shape index (κ3) is 3.27. The molecule has 2 heteroatoms. The lowest BCUT2D eigenvalue weighted by Crippen LogP contribution is -2.17. The SMILES string of the molecule is CCc1cc(C[C@@H](C)N)ccc1I. The maximum Gasteiger partial charge on any atom is 0.0162 e. The molecule has 13 heavy (non-hydrogen) atoms. The molecule has 0 aromatic heterocycles. The lowest BCUT2D eigenvalue weighted by molar-refractivity contribution is 0.737. The fraction of sp³-hybridized carbons (Fsp3) is 0.455. The first-order valence-corrected chi connectivity index (χ1v) is 5.74. The second-order valence-electron chi connectivity index (χ2n) is 3.46. The minimum Gasteiger partial charge on any atom is -0.328 e. The summed E-state index contributed by atoms with van der Waals surface area (Å²) in [5.41, 5.74) is 8.54. The van der Waals surface area contributed by atoms with E-state index >= 15 is 0 Å². The van der Waals surface area contributed by atoms with Crippen LogP contribution in [0.25, 0.3) is 0 Å². The van der Waals surface area contributed by atoms with Crippen molar-refractivity contribution >= 4 is 22.6 Å². The van der Waals surface area contributed by atoms with Crippen LogP contribution in [-0.2, 0) is 12.8 Å². The molecule has 0 aliphatic heterocycles. The van der Waals surface area contributed by atoms with Gasteiger partial charge in [0.15, 0.2) is 0 Å². The average molecular weight is 289 g/mol. The molecule has 2 N–H and O–H groups in total. The number of aryl methyl sites for hydroxylation is 1. The van der Waals surface area contributed by atoms with E-state index in [0.717, 1.165) is 12.8 Å². The lowest BCUT2D eigenvalue weighted by Gasteiger charge is -2.08. The number of rotatable bonds is 3. The van der Waals surface area contributed by atoms with E-state index < -0.39 is 0 Å². The molecule has 1 rings (SSSR count). The minimum atomic E-state index is 0.254. The van der Waals surface area contributed by atoms with Crippen molar-refractivity contribution in [3.05, 3.63) is 32.9 Å². The molecule has 0 unspecified atom stereocenters. The van der Waals surface area contributed by atoms with Gasteiger partial charge in [0.05, 0.1) is 0 Å². The van der Waals surface area contributed by atoms with Gasteiger partial charge in [0.1, 0.15) is 0 Å². The summed E-state index contributed by atoms with van der Waals surface area (Å²) in [4.78, 5) is 0. The van der Waals surface area contributed by atoms with Crippen molar-refractivity contribution in [1.29, 1.82) is 0 Å². The Kier molecular flexibility index (Phi) is 4.19. The normalized spacial score (nSPS) is 12.9. The van der Waals surface area contributed by atoms with Gasteiger partial charge >= 0.3 is 0 Å². The summed E-state index contributed by atoms with van der Waals surface area (Å²) in [7, 11) is 0. The van der Waals surface area contributed by atoms with Crippen LogP contribution >= 0.6 is 22.6 Å². The number of nitrogens with two attached hydrogens (primary N) is 1. The Bertz CT molecular complexity index is 281. The van der Waals surface area contributed by atoms with Crippen LogP contribution in [0.4, 0.5) is 0 Å². The first-order valence-electron chi connectivity index (χ1n) is 4.66. The Morgan fingerprint density at radius 2 is 2.15 bits per heavy atom. The van der Waals surface area contributed by atoms with Crippen molar-refractivity contribution in [2.24, 2.45) is 5.73 Å². The number of hydrogen-bond donors (Lipinski definition) is 1. The maximum atomic E-state index is 5.75. The van der Waals surface area contributed by atoms with Gasteiger partial charge in [0.2, 0.25) is 0 Å². The second-order valence-corrected chi connectivity index (χ2v) is 4.62. The zero-order valence-corrected chi connectivity index (χ0v) is 10.3. The molecular weight excluding hydrogens is 273 g/mol. The van der Waals surface area contributed by atoms with E-state index in [4.69, 9.17) is 5.73 Å². The van der Waals surface area contributed by atoms with E-state index in [0.29, 0.717) is 0 Å². The summed E-state index contributed by atoms with van der Waals surface area (Å²) >= 11 is 2.38. The first-order chi connectivity index (χ1) is 6.13. The van der Waals surface area contributed by atoms with E-state index in [2.05, 4.69) is 47.7 Å². The Hall–Kier alpha value is -0.0900. The van der Waals surface area contributed by atoms with Gasteiger partial charge in [-0.05, 0) is 59.5 Å². The van der Waals surface area contributed by atoms with Crippen LogP contribution in [0.15, 0.2) is 18.2 Å². The summed E-state index contributed by atoms with van der Waals surface area (Å²) in [6, 6.07) is 6.87. The number of halogens is 1. The highest BCUT2D eigenvalue weighted by atomic mass is 127. The molecule has 0 radical (unpaired) electrons. The highest BCUT2D eigenvalue weighted by Crippen LogP contribution is 2.15. The maximum absolute atomic E-state index is 5.75. The van der Waals surface area contributed by atoms with Crippen LogP contribution in [0.2, 0.25) is 0 Å². The van der Waals surface area contributed by atoms with Gasteiger partial charge in [-0.25, -0.2) is 0 Å². The average Bonchev–Trinajstić information content (AvgIpc) is 2.07. The number of hydrogen-bond acceptors (Lipinski definition) is 1. The fourth-order valence-electron chi connectivity index (χ4n) is 1.40. The fourth-order valence-corrected chi connectivity index (χ4v) is 2.11. The molecule has 0 aliphatic carbocycles. The van der Waals surface area contributed by atoms with Gasteiger partial charge in [-0.1, -0.05) is 19.1 Å². The van der Waals surface area contributed by atoms with Crippen LogP contribution in [0.1, 0.15) is 25.0 Å². The molecule has 0 heterocycles. The molecule has 1 aromatic carbocycles. The van der Waals surface area contributed by atoms with Crippen LogP contribution in [0, 0.1) is 3.57 Å². The van der Waals surface area contributed by atoms with Crippen molar-refractivity contribution in [1.82, 2.24) is 0 Å². The molecule has 1 atom stereocenters. The largest absolute Gasteiger partial charge is 0.328 e. The van der Waals surface area contributed by atoms with Crippen LogP contribution < -0.4 is 5.73 Å². The lowest BCUT2D eigenvalue weighted by atomic mass is 10.0. The van der Waals surface area contributed by atoms with Gasteiger partial charge in [-0.15, -0.1) is 0 Å². The van der Waals surface area contributed by atoms with Crippen LogP contribution in [0.5, 0.6) is 0 Å². The summed E-state index contributed by atoms with van der Waals surface area (Å²) in [6.07, 6.45) is 2.08. The molecule has 1 aromatic rings. The molecule has 1 nitrogen and oxygen atoms in total. The Balaban J connectivity index is 2.86. The summed E-state index contributed by atoms with van der Waals surface area (Å²) in [6.45, 7) is 4.23.